The van der Waals surface area contributed by atoms with Crippen LogP contribution in [-0.4, -0.2) is 26.3 Å². The Morgan fingerprint density at radius 1 is 1.26 bits per heavy atom. The van der Waals surface area contributed by atoms with Crippen molar-refractivity contribution >= 4 is 49.2 Å². The van der Waals surface area contributed by atoms with Crippen molar-refractivity contribution in [3.63, 3.8) is 0 Å². The minimum Gasteiger partial charge on any atom is -0.207 e. The average Bonchev–Trinajstić information content (AvgIpc) is 2.23. The smallest absolute Gasteiger partial charge is 0.207 e. The van der Waals surface area contributed by atoms with Crippen molar-refractivity contribution in [1.82, 2.24) is 4.31 Å². The van der Waals surface area contributed by atoms with Gasteiger partial charge in [-0.15, -0.1) is 0 Å². The zero-order valence-electron chi connectivity index (χ0n) is 11.0. The van der Waals surface area contributed by atoms with Crippen LogP contribution in [-0.2, 0) is 10.0 Å². The third kappa shape index (κ3) is 4.33. The van der Waals surface area contributed by atoms with Crippen LogP contribution >= 0.6 is 39.1 Å². The van der Waals surface area contributed by atoms with E-state index in [1.165, 1.54) is 23.5 Å². The molecule has 19 heavy (non-hydrogen) atoms. The summed E-state index contributed by atoms with van der Waals surface area (Å²) in [4.78, 5) is -0.0368. The number of hydrogen-bond donors (Lipinski definition) is 0. The summed E-state index contributed by atoms with van der Waals surface area (Å²) in [5.74, 6) is 0.425. The van der Waals surface area contributed by atoms with Crippen molar-refractivity contribution in [3.8, 4) is 0 Å². The molecule has 1 aromatic carbocycles. The number of halogens is 3. The van der Waals surface area contributed by atoms with Crippen LogP contribution in [0, 0.1) is 5.92 Å². The Morgan fingerprint density at radius 2 is 1.74 bits per heavy atom. The highest BCUT2D eigenvalue weighted by Gasteiger charge is 2.26. The third-order valence-electron chi connectivity index (χ3n) is 2.65. The van der Waals surface area contributed by atoms with Gasteiger partial charge in [-0.2, -0.15) is 0 Å². The van der Waals surface area contributed by atoms with Crippen molar-refractivity contribution < 1.29 is 8.42 Å². The molecule has 0 heterocycles. The molecule has 0 radical (unpaired) electrons. The zero-order valence-corrected chi connectivity index (χ0v) is 14.9. The van der Waals surface area contributed by atoms with Crippen LogP contribution in [0.25, 0.3) is 0 Å². The molecular weight excluding hydrogens is 373 g/mol. The van der Waals surface area contributed by atoms with E-state index in [1.807, 2.05) is 13.8 Å². The lowest BCUT2D eigenvalue weighted by atomic mass is 10.1. The van der Waals surface area contributed by atoms with Gasteiger partial charge in [-0.05, 0) is 24.5 Å². The minimum absolute atomic E-state index is 0.0368. The molecular formula is C12H16BrCl2NO2S. The molecule has 108 valence electrons. The van der Waals surface area contributed by atoms with Crippen molar-refractivity contribution in [2.45, 2.75) is 25.2 Å². The van der Waals surface area contributed by atoms with Crippen LogP contribution in [0.1, 0.15) is 20.3 Å². The summed E-state index contributed by atoms with van der Waals surface area (Å²) in [5, 5.41) is 0.242. The number of rotatable bonds is 5. The molecule has 0 aliphatic rings. The first-order chi connectivity index (χ1) is 8.66. The number of benzene rings is 1. The average molecular weight is 389 g/mol. The van der Waals surface area contributed by atoms with Gasteiger partial charge in [0.2, 0.25) is 10.0 Å². The highest BCUT2D eigenvalue weighted by molar-refractivity contribution is 9.10. The fourth-order valence-electron chi connectivity index (χ4n) is 1.49. The van der Waals surface area contributed by atoms with Gasteiger partial charge in [0.1, 0.15) is 4.90 Å². The van der Waals surface area contributed by atoms with E-state index in [1.54, 1.807) is 0 Å². The topological polar surface area (TPSA) is 37.4 Å². The zero-order chi connectivity index (χ0) is 14.8. The summed E-state index contributed by atoms with van der Waals surface area (Å²) in [6, 6.07) is 3.05. The molecule has 0 fully saturated rings. The lowest BCUT2D eigenvalue weighted by molar-refractivity contribution is 0.428. The molecule has 0 atom stereocenters. The van der Waals surface area contributed by atoms with Gasteiger partial charge in [0, 0.05) is 18.1 Å². The molecule has 1 rings (SSSR count). The van der Waals surface area contributed by atoms with Crippen molar-refractivity contribution in [2.24, 2.45) is 5.92 Å². The quantitative estimate of drug-likeness (QED) is 0.748. The van der Waals surface area contributed by atoms with E-state index in [9.17, 15) is 8.42 Å². The van der Waals surface area contributed by atoms with E-state index in [4.69, 9.17) is 23.2 Å². The molecule has 0 N–H and O–H groups in total. The fraction of sp³-hybridized carbons (Fsp3) is 0.500. The van der Waals surface area contributed by atoms with E-state index >= 15 is 0 Å². The van der Waals surface area contributed by atoms with Crippen LogP contribution in [0.4, 0.5) is 0 Å². The molecule has 0 unspecified atom stereocenters. The molecule has 0 saturated heterocycles. The highest BCUT2D eigenvalue weighted by atomic mass is 79.9. The number of hydrogen-bond acceptors (Lipinski definition) is 2. The molecule has 0 amide bonds. The summed E-state index contributed by atoms with van der Waals surface area (Å²) >= 11 is 15.2. The van der Waals surface area contributed by atoms with Crippen LogP contribution < -0.4 is 0 Å². The van der Waals surface area contributed by atoms with E-state index in [2.05, 4.69) is 15.9 Å². The van der Waals surface area contributed by atoms with E-state index in [-0.39, 0.29) is 14.9 Å². The maximum atomic E-state index is 12.4. The SMILES string of the molecule is CC(C)CCN(C)S(=O)(=O)c1c(Cl)cc(Br)cc1Cl. The Labute approximate surface area is 133 Å². The molecule has 7 heteroatoms. The minimum atomic E-state index is -3.66. The van der Waals surface area contributed by atoms with Crippen LogP contribution in [0.5, 0.6) is 0 Å². The molecule has 0 bridgehead atoms. The lowest BCUT2D eigenvalue weighted by Gasteiger charge is -2.19. The predicted molar refractivity (Wildman–Crippen MR) is 83.4 cm³/mol. The number of sulfonamides is 1. The standard InChI is InChI=1S/C12H16BrCl2NO2S/c1-8(2)4-5-16(3)19(17,18)12-10(14)6-9(13)7-11(12)15/h6-8H,4-5H2,1-3H3. The van der Waals surface area contributed by atoms with Gasteiger partial charge < -0.3 is 0 Å². The first-order valence-electron chi connectivity index (χ1n) is 5.77. The largest absolute Gasteiger partial charge is 0.245 e. The molecule has 0 aromatic heterocycles. The van der Waals surface area contributed by atoms with Crippen LogP contribution in [0.15, 0.2) is 21.5 Å². The second kappa shape index (κ2) is 6.76. The normalized spacial score (nSPS) is 12.4. The van der Waals surface area contributed by atoms with E-state index in [0.717, 1.165) is 6.42 Å². The molecule has 1 aromatic rings. The monoisotopic (exact) mass is 387 g/mol. The van der Waals surface area contributed by atoms with Crippen molar-refractivity contribution in [3.05, 3.63) is 26.7 Å². The van der Waals surface area contributed by atoms with Crippen LogP contribution in [0.2, 0.25) is 10.0 Å². The summed E-state index contributed by atoms with van der Waals surface area (Å²) in [6.07, 6.45) is 0.779. The van der Waals surface area contributed by atoms with Gasteiger partial charge in [-0.1, -0.05) is 53.0 Å². The Hall–Kier alpha value is 0.190. The van der Waals surface area contributed by atoms with E-state index < -0.39 is 10.0 Å². The summed E-state index contributed by atoms with van der Waals surface area (Å²) in [6.45, 7) is 4.52. The van der Waals surface area contributed by atoms with Gasteiger partial charge in [-0.25, -0.2) is 12.7 Å². The maximum absolute atomic E-state index is 12.4. The molecule has 3 nitrogen and oxygen atoms in total. The first-order valence-corrected chi connectivity index (χ1v) is 8.76. The first kappa shape index (κ1) is 17.2. The Kier molecular flexibility index (Phi) is 6.14. The molecule has 0 aliphatic carbocycles. The number of nitrogens with zero attached hydrogens (tertiary/aromatic N) is 1. The predicted octanol–water partition coefficient (Wildman–Crippen LogP) is 4.42. The molecule has 0 spiro atoms. The summed E-state index contributed by atoms with van der Waals surface area (Å²) in [7, 11) is -2.13. The fourth-order valence-corrected chi connectivity index (χ4v) is 4.55. The van der Waals surface area contributed by atoms with Gasteiger partial charge in [0.15, 0.2) is 0 Å². The van der Waals surface area contributed by atoms with Crippen molar-refractivity contribution in [2.75, 3.05) is 13.6 Å². The van der Waals surface area contributed by atoms with Gasteiger partial charge in [-0.3, -0.25) is 0 Å². The Bertz CT molecular complexity index is 538. The van der Waals surface area contributed by atoms with Gasteiger partial charge in [0.25, 0.3) is 0 Å². The second-order valence-electron chi connectivity index (χ2n) is 4.71. The summed E-state index contributed by atoms with van der Waals surface area (Å²) in [5.41, 5.74) is 0. The second-order valence-corrected chi connectivity index (χ2v) is 8.42. The van der Waals surface area contributed by atoms with E-state index in [0.29, 0.717) is 16.9 Å². The molecule has 0 aliphatic heterocycles. The lowest BCUT2D eigenvalue weighted by Crippen LogP contribution is -2.29. The maximum Gasteiger partial charge on any atom is 0.245 e. The highest BCUT2D eigenvalue weighted by Crippen LogP contribution is 2.34. The van der Waals surface area contributed by atoms with Crippen molar-refractivity contribution in [1.29, 1.82) is 0 Å². The van der Waals surface area contributed by atoms with Crippen LogP contribution in [0.3, 0.4) is 0 Å². The van der Waals surface area contributed by atoms with Gasteiger partial charge >= 0.3 is 0 Å². The summed E-state index contributed by atoms with van der Waals surface area (Å²) < 4.78 is 26.8. The van der Waals surface area contributed by atoms with Gasteiger partial charge in [0.05, 0.1) is 10.0 Å². The Balaban J connectivity index is 3.14. The molecule has 0 saturated carbocycles. The third-order valence-corrected chi connectivity index (χ3v) is 5.89. The Morgan fingerprint density at radius 3 is 2.16 bits per heavy atom.